The van der Waals surface area contributed by atoms with Gasteiger partial charge in [0.15, 0.2) is 0 Å². The molecule has 6 nitrogen and oxygen atoms in total. The third kappa shape index (κ3) is 4.24. The summed E-state index contributed by atoms with van der Waals surface area (Å²) in [6, 6.07) is 10.7. The van der Waals surface area contributed by atoms with Crippen LogP contribution in [-0.4, -0.2) is 28.6 Å². The lowest BCUT2D eigenvalue weighted by Gasteiger charge is -2.06. The number of amides is 2. The second-order valence-electron chi connectivity index (χ2n) is 4.23. The van der Waals surface area contributed by atoms with Crippen molar-refractivity contribution in [2.75, 3.05) is 6.54 Å². The van der Waals surface area contributed by atoms with Gasteiger partial charge in [-0.1, -0.05) is 18.2 Å². The number of carbonyl (C=O) groups excluding carboxylic acids is 2. The molecule has 1 heterocycles. The Labute approximate surface area is 116 Å². The van der Waals surface area contributed by atoms with Crippen LogP contribution >= 0.6 is 0 Å². The Morgan fingerprint density at radius 1 is 1.10 bits per heavy atom. The highest BCUT2D eigenvalue weighted by Crippen LogP contribution is 1.97. The molecule has 0 saturated carbocycles. The summed E-state index contributed by atoms with van der Waals surface area (Å²) >= 11 is 0. The molecule has 0 unspecified atom stereocenters. The number of benzene rings is 1. The summed E-state index contributed by atoms with van der Waals surface area (Å²) in [5.41, 5.74) is 1.43. The molecule has 2 rings (SSSR count). The summed E-state index contributed by atoms with van der Waals surface area (Å²) in [5.74, 6) is -0.292. The maximum atomic E-state index is 11.7. The van der Waals surface area contributed by atoms with Gasteiger partial charge in [-0.25, -0.2) is 0 Å². The molecule has 0 aliphatic heterocycles. The van der Waals surface area contributed by atoms with Gasteiger partial charge in [0.1, 0.15) is 0 Å². The monoisotopic (exact) mass is 272 g/mol. The van der Waals surface area contributed by atoms with Crippen LogP contribution in [0.25, 0.3) is 0 Å². The summed E-state index contributed by atoms with van der Waals surface area (Å²) in [6.45, 7) is 0.716. The van der Waals surface area contributed by atoms with Gasteiger partial charge in [0.05, 0.1) is 12.2 Å². The molecule has 2 amide bonds. The van der Waals surface area contributed by atoms with Crippen LogP contribution in [0.1, 0.15) is 22.5 Å². The van der Waals surface area contributed by atoms with E-state index >= 15 is 0 Å². The van der Waals surface area contributed by atoms with Crippen molar-refractivity contribution in [1.82, 2.24) is 20.8 Å². The van der Waals surface area contributed by atoms with Crippen LogP contribution in [0.2, 0.25) is 0 Å². The maximum absolute atomic E-state index is 11.7. The highest BCUT2D eigenvalue weighted by molar-refractivity contribution is 5.94. The van der Waals surface area contributed by atoms with Crippen molar-refractivity contribution in [3.8, 4) is 0 Å². The van der Waals surface area contributed by atoms with Crippen molar-refractivity contribution in [1.29, 1.82) is 0 Å². The van der Waals surface area contributed by atoms with Crippen molar-refractivity contribution in [3.05, 3.63) is 53.9 Å². The lowest BCUT2D eigenvalue weighted by Crippen LogP contribution is -2.30. The minimum atomic E-state index is -0.174. The number of hydrogen-bond acceptors (Lipinski definition) is 3. The highest BCUT2D eigenvalue weighted by Gasteiger charge is 2.06. The summed E-state index contributed by atoms with van der Waals surface area (Å²) in [5, 5.41) is 12.0. The Balaban J connectivity index is 1.65. The number of hydrogen-bond donors (Lipinski definition) is 3. The fourth-order valence-electron chi connectivity index (χ4n) is 1.65. The zero-order valence-electron chi connectivity index (χ0n) is 10.9. The van der Waals surface area contributed by atoms with E-state index in [1.54, 1.807) is 36.5 Å². The maximum Gasteiger partial charge on any atom is 0.251 e. The SMILES string of the molecule is O=C(CCNC(=O)c1ccccc1)NCc1ccn[nH]1. The number of aromatic amines is 1. The number of rotatable bonds is 6. The molecule has 6 heteroatoms. The number of aromatic nitrogens is 2. The molecule has 0 fully saturated rings. The molecular formula is C14H16N4O2. The Bertz CT molecular complexity index is 552. The van der Waals surface area contributed by atoms with Crippen LogP contribution in [0.5, 0.6) is 0 Å². The number of carbonyl (C=O) groups is 2. The Kier molecular flexibility index (Phi) is 4.88. The molecule has 0 saturated heterocycles. The van der Waals surface area contributed by atoms with E-state index in [0.29, 0.717) is 18.7 Å². The van der Waals surface area contributed by atoms with Crippen LogP contribution in [0.15, 0.2) is 42.6 Å². The molecular weight excluding hydrogens is 256 g/mol. The van der Waals surface area contributed by atoms with Gasteiger partial charge >= 0.3 is 0 Å². The minimum Gasteiger partial charge on any atom is -0.352 e. The first-order valence-corrected chi connectivity index (χ1v) is 6.34. The van der Waals surface area contributed by atoms with E-state index in [0.717, 1.165) is 5.69 Å². The normalized spacial score (nSPS) is 10.0. The average molecular weight is 272 g/mol. The molecule has 3 N–H and O–H groups in total. The molecule has 20 heavy (non-hydrogen) atoms. The largest absolute Gasteiger partial charge is 0.352 e. The first-order chi connectivity index (χ1) is 9.75. The lowest BCUT2D eigenvalue weighted by atomic mass is 10.2. The number of nitrogens with zero attached hydrogens (tertiary/aromatic N) is 1. The second-order valence-corrected chi connectivity index (χ2v) is 4.23. The zero-order valence-corrected chi connectivity index (χ0v) is 10.9. The molecule has 1 aromatic heterocycles. The predicted molar refractivity (Wildman–Crippen MR) is 73.8 cm³/mol. The van der Waals surface area contributed by atoms with Crippen molar-refractivity contribution >= 4 is 11.8 Å². The standard InChI is InChI=1S/C14H16N4O2/c19-13(16-10-12-6-9-17-18-12)7-8-15-14(20)11-4-2-1-3-5-11/h1-6,9H,7-8,10H2,(H,15,20)(H,16,19)(H,17,18). The van der Waals surface area contributed by atoms with Gasteiger partial charge in [0.25, 0.3) is 5.91 Å². The van der Waals surface area contributed by atoms with E-state index in [9.17, 15) is 9.59 Å². The van der Waals surface area contributed by atoms with E-state index < -0.39 is 0 Å². The van der Waals surface area contributed by atoms with E-state index in [1.165, 1.54) is 0 Å². The number of H-pyrrole nitrogens is 1. The van der Waals surface area contributed by atoms with Crippen molar-refractivity contribution < 1.29 is 9.59 Å². The van der Waals surface area contributed by atoms with Crippen LogP contribution in [0.4, 0.5) is 0 Å². The smallest absolute Gasteiger partial charge is 0.251 e. The quantitative estimate of drug-likeness (QED) is 0.728. The van der Waals surface area contributed by atoms with E-state index in [4.69, 9.17) is 0 Å². The molecule has 2 aromatic rings. The Morgan fingerprint density at radius 3 is 2.60 bits per heavy atom. The third-order valence-corrected chi connectivity index (χ3v) is 2.71. The highest BCUT2D eigenvalue weighted by atomic mass is 16.2. The molecule has 0 spiro atoms. The van der Waals surface area contributed by atoms with Gasteiger partial charge in [-0.05, 0) is 18.2 Å². The van der Waals surface area contributed by atoms with Gasteiger partial charge in [-0.3, -0.25) is 14.7 Å². The van der Waals surface area contributed by atoms with Crippen molar-refractivity contribution in [2.24, 2.45) is 0 Å². The Hall–Kier alpha value is -2.63. The second kappa shape index (κ2) is 7.08. The molecule has 0 aliphatic rings. The van der Waals surface area contributed by atoms with Crippen molar-refractivity contribution in [2.45, 2.75) is 13.0 Å². The topological polar surface area (TPSA) is 86.9 Å². The summed E-state index contributed by atoms with van der Waals surface area (Å²) in [4.78, 5) is 23.3. The molecule has 0 bridgehead atoms. The van der Waals surface area contributed by atoms with Gasteiger partial charge < -0.3 is 10.6 Å². The average Bonchev–Trinajstić information content (AvgIpc) is 2.99. The minimum absolute atomic E-state index is 0.118. The summed E-state index contributed by atoms with van der Waals surface area (Å²) in [7, 11) is 0. The van der Waals surface area contributed by atoms with Crippen LogP contribution < -0.4 is 10.6 Å². The lowest BCUT2D eigenvalue weighted by molar-refractivity contribution is -0.121. The Morgan fingerprint density at radius 2 is 1.90 bits per heavy atom. The van der Waals surface area contributed by atoms with E-state index in [1.807, 2.05) is 6.07 Å². The van der Waals surface area contributed by atoms with Gasteiger partial charge in [-0.2, -0.15) is 5.10 Å². The van der Waals surface area contributed by atoms with E-state index in [2.05, 4.69) is 20.8 Å². The first kappa shape index (κ1) is 13.8. The fraction of sp³-hybridized carbons (Fsp3) is 0.214. The summed E-state index contributed by atoms with van der Waals surface area (Å²) < 4.78 is 0. The van der Waals surface area contributed by atoms with Gasteiger partial charge in [0.2, 0.25) is 5.91 Å². The van der Waals surface area contributed by atoms with E-state index in [-0.39, 0.29) is 18.2 Å². The van der Waals surface area contributed by atoms with Gasteiger partial charge in [-0.15, -0.1) is 0 Å². The molecule has 0 atom stereocenters. The third-order valence-electron chi connectivity index (χ3n) is 2.71. The van der Waals surface area contributed by atoms with Crippen LogP contribution in [0, 0.1) is 0 Å². The number of nitrogens with one attached hydrogen (secondary N) is 3. The predicted octanol–water partition coefficient (Wildman–Crippen LogP) is 0.846. The first-order valence-electron chi connectivity index (χ1n) is 6.34. The van der Waals surface area contributed by atoms with Crippen LogP contribution in [0.3, 0.4) is 0 Å². The van der Waals surface area contributed by atoms with Gasteiger partial charge in [0, 0.05) is 24.7 Å². The molecule has 0 radical (unpaired) electrons. The molecule has 1 aromatic carbocycles. The van der Waals surface area contributed by atoms with Crippen LogP contribution in [-0.2, 0) is 11.3 Å². The zero-order chi connectivity index (χ0) is 14.2. The molecule has 0 aliphatic carbocycles. The fourth-order valence-corrected chi connectivity index (χ4v) is 1.65. The summed E-state index contributed by atoms with van der Waals surface area (Å²) in [6.07, 6.45) is 1.87. The molecule has 104 valence electrons. The van der Waals surface area contributed by atoms with Crippen molar-refractivity contribution in [3.63, 3.8) is 0 Å².